The molecule has 15 heavy (non-hydrogen) atoms. The van der Waals surface area contributed by atoms with E-state index >= 15 is 0 Å². The van der Waals surface area contributed by atoms with Gasteiger partial charge in [0.05, 0.1) is 0 Å². The molecular formula is C11H9NO3. The first-order valence-corrected chi connectivity index (χ1v) is 4.45. The number of hydrogen-bond donors (Lipinski definition) is 1. The molecule has 76 valence electrons. The van der Waals surface area contributed by atoms with Gasteiger partial charge in [-0.25, -0.2) is 4.79 Å². The molecular weight excluding hydrogens is 194 g/mol. The lowest BCUT2D eigenvalue weighted by atomic mass is 10.2. The molecule has 1 N–H and O–H groups in total. The van der Waals surface area contributed by atoms with E-state index < -0.39 is 11.5 Å². The average molecular weight is 203 g/mol. The van der Waals surface area contributed by atoms with Crippen LogP contribution in [0.25, 0.3) is 5.52 Å². The Morgan fingerprint density at radius 1 is 1.33 bits per heavy atom. The summed E-state index contributed by atoms with van der Waals surface area (Å²) in [6.45, 7) is 1.91. The van der Waals surface area contributed by atoms with E-state index in [9.17, 15) is 9.59 Å². The van der Waals surface area contributed by atoms with Gasteiger partial charge in [0.25, 0.3) is 5.56 Å². The molecule has 0 aliphatic heterocycles. The third-order valence-electron chi connectivity index (χ3n) is 2.24. The quantitative estimate of drug-likeness (QED) is 0.760. The second-order valence-electron chi connectivity index (χ2n) is 3.36. The Morgan fingerprint density at radius 2 is 2.07 bits per heavy atom. The van der Waals surface area contributed by atoms with E-state index in [1.165, 1.54) is 10.5 Å². The highest BCUT2D eigenvalue weighted by molar-refractivity contribution is 5.87. The molecule has 0 aliphatic rings. The molecule has 0 saturated carbocycles. The summed E-state index contributed by atoms with van der Waals surface area (Å²) in [5.41, 5.74) is 1.01. The maximum Gasteiger partial charge on any atom is 0.341 e. The van der Waals surface area contributed by atoms with E-state index in [2.05, 4.69) is 0 Å². The number of carbonyl (C=O) groups is 1. The van der Waals surface area contributed by atoms with E-state index in [4.69, 9.17) is 5.11 Å². The molecule has 0 unspecified atom stereocenters. The predicted octanol–water partition coefficient (Wildman–Crippen LogP) is 1.31. The second-order valence-corrected chi connectivity index (χ2v) is 3.36. The number of aromatic nitrogens is 1. The molecule has 0 saturated heterocycles. The van der Waals surface area contributed by atoms with Crippen LogP contribution >= 0.6 is 0 Å². The minimum Gasteiger partial charge on any atom is -0.477 e. The number of nitrogens with zero attached hydrogens (tertiary/aromatic N) is 1. The Labute approximate surface area is 85.4 Å². The van der Waals surface area contributed by atoms with E-state index in [0.717, 1.165) is 5.56 Å². The molecule has 0 radical (unpaired) electrons. The van der Waals surface area contributed by atoms with Crippen LogP contribution in [0.4, 0.5) is 0 Å². The van der Waals surface area contributed by atoms with Crippen molar-refractivity contribution in [2.75, 3.05) is 0 Å². The van der Waals surface area contributed by atoms with Crippen molar-refractivity contribution in [2.45, 2.75) is 6.92 Å². The summed E-state index contributed by atoms with van der Waals surface area (Å²) < 4.78 is 1.33. The van der Waals surface area contributed by atoms with E-state index in [-0.39, 0.29) is 5.56 Å². The smallest absolute Gasteiger partial charge is 0.341 e. The maximum atomic E-state index is 11.7. The molecule has 0 amide bonds. The van der Waals surface area contributed by atoms with Gasteiger partial charge < -0.3 is 5.11 Å². The fourth-order valence-corrected chi connectivity index (χ4v) is 1.47. The second kappa shape index (κ2) is 3.24. The molecule has 0 atom stereocenters. The van der Waals surface area contributed by atoms with Crippen molar-refractivity contribution in [3.8, 4) is 0 Å². The predicted molar refractivity (Wildman–Crippen MR) is 55.4 cm³/mol. The number of hydrogen-bond acceptors (Lipinski definition) is 2. The summed E-state index contributed by atoms with van der Waals surface area (Å²) in [7, 11) is 0. The highest BCUT2D eigenvalue weighted by Gasteiger charge is 2.09. The molecule has 0 aromatic carbocycles. The number of aromatic carboxylic acids is 1. The maximum absolute atomic E-state index is 11.7. The number of aryl methyl sites for hydroxylation is 1. The van der Waals surface area contributed by atoms with E-state index in [1.807, 2.05) is 13.0 Å². The first-order valence-electron chi connectivity index (χ1n) is 4.45. The molecule has 0 fully saturated rings. The first kappa shape index (κ1) is 9.45. The summed E-state index contributed by atoms with van der Waals surface area (Å²) in [6, 6.07) is 6.55. The lowest BCUT2D eigenvalue weighted by molar-refractivity contribution is 0.0695. The molecule has 4 heteroatoms. The standard InChI is InChI=1S/C11H9NO3/c1-7-4-5-12-8(6-7)2-3-9(10(12)13)11(14)15/h2-6H,1H3,(H,14,15). The van der Waals surface area contributed by atoms with Gasteiger partial charge in [0.2, 0.25) is 0 Å². The summed E-state index contributed by atoms with van der Waals surface area (Å²) >= 11 is 0. The first-order chi connectivity index (χ1) is 7.09. The zero-order chi connectivity index (χ0) is 11.0. The Bertz CT molecular complexity index is 598. The molecule has 2 heterocycles. The third kappa shape index (κ3) is 1.50. The van der Waals surface area contributed by atoms with Crippen LogP contribution in [0, 0.1) is 6.92 Å². The van der Waals surface area contributed by atoms with Crippen molar-refractivity contribution in [1.29, 1.82) is 0 Å². The normalized spacial score (nSPS) is 10.5. The van der Waals surface area contributed by atoms with E-state index in [0.29, 0.717) is 5.52 Å². The number of fused-ring (bicyclic) bond motifs is 1. The lowest BCUT2D eigenvalue weighted by Crippen LogP contribution is -2.21. The minimum atomic E-state index is -1.20. The number of pyridine rings is 2. The Kier molecular flexibility index (Phi) is 2.04. The van der Waals surface area contributed by atoms with Crippen molar-refractivity contribution in [2.24, 2.45) is 0 Å². The number of carboxylic acid groups (broad SMARTS) is 1. The molecule has 0 aliphatic carbocycles. The van der Waals surface area contributed by atoms with Crippen LogP contribution < -0.4 is 5.56 Å². The van der Waals surface area contributed by atoms with Gasteiger partial charge in [0.15, 0.2) is 0 Å². The van der Waals surface area contributed by atoms with Crippen LogP contribution in [-0.2, 0) is 0 Å². The Balaban J connectivity index is 2.86. The summed E-state index contributed by atoms with van der Waals surface area (Å²) in [4.78, 5) is 22.4. The Hall–Kier alpha value is -2.10. The van der Waals surface area contributed by atoms with Gasteiger partial charge in [-0.2, -0.15) is 0 Å². The van der Waals surface area contributed by atoms with Gasteiger partial charge in [-0.1, -0.05) is 0 Å². The van der Waals surface area contributed by atoms with Gasteiger partial charge in [0, 0.05) is 11.7 Å². The molecule has 0 bridgehead atoms. The largest absolute Gasteiger partial charge is 0.477 e. The highest BCUT2D eigenvalue weighted by Crippen LogP contribution is 2.05. The molecule has 4 nitrogen and oxygen atoms in total. The average Bonchev–Trinajstić information content (AvgIpc) is 2.17. The summed E-state index contributed by atoms with van der Waals surface area (Å²) in [5, 5.41) is 8.77. The highest BCUT2D eigenvalue weighted by atomic mass is 16.4. The van der Waals surface area contributed by atoms with Crippen LogP contribution in [0.15, 0.2) is 35.3 Å². The van der Waals surface area contributed by atoms with E-state index in [1.54, 1.807) is 18.3 Å². The fourth-order valence-electron chi connectivity index (χ4n) is 1.47. The van der Waals surface area contributed by atoms with Crippen molar-refractivity contribution in [3.05, 3.63) is 51.9 Å². The molecule has 2 aromatic heterocycles. The van der Waals surface area contributed by atoms with Crippen LogP contribution in [-0.4, -0.2) is 15.5 Å². The number of rotatable bonds is 1. The zero-order valence-corrected chi connectivity index (χ0v) is 8.10. The topological polar surface area (TPSA) is 58.8 Å². The Morgan fingerprint density at radius 3 is 2.73 bits per heavy atom. The van der Waals surface area contributed by atoms with Gasteiger partial charge in [0.1, 0.15) is 5.56 Å². The van der Waals surface area contributed by atoms with Gasteiger partial charge in [-0.15, -0.1) is 0 Å². The summed E-state index contributed by atoms with van der Waals surface area (Å²) in [6.07, 6.45) is 1.58. The van der Waals surface area contributed by atoms with Crippen LogP contribution in [0.5, 0.6) is 0 Å². The van der Waals surface area contributed by atoms with Crippen molar-refractivity contribution in [3.63, 3.8) is 0 Å². The molecule has 0 spiro atoms. The van der Waals surface area contributed by atoms with Crippen molar-refractivity contribution >= 4 is 11.5 Å². The van der Waals surface area contributed by atoms with Crippen LogP contribution in [0.3, 0.4) is 0 Å². The molecule has 2 aromatic rings. The number of carboxylic acids is 1. The summed E-state index contributed by atoms with van der Waals surface area (Å²) in [5.74, 6) is -1.20. The van der Waals surface area contributed by atoms with Gasteiger partial charge in [-0.05, 0) is 36.8 Å². The van der Waals surface area contributed by atoms with Crippen molar-refractivity contribution in [1.82, 2.24) is 4.40 Å². The molecule has 2 rings (SSSR count). The fraction of sp³-hybridized carbons (Fsp3) is 0.0909. The zero-order valence-electron chi connectivity index (χ0n) is 8.10. The van der Waals surface area contributed by atoms with Crippen LogP contribution in [0.2, 0.25) is 0 Å². The van der Waals surface area contributed by atoms with Gasteiger partial charge in [-0.3, -0.25) is 9.20 Å². The third-order valence-corrected chi connectivity index (χ3v) is 2.24. The monoisotopic (exact) mass is 203 g/mol. The van der Waals surface area contributed by atoms with Gasteiger partial charge >= 0.3 is 5.97 Å². The van der Waals surface area contributed by atoms with Crippen molar-refractivity contribution < 1.29 is 9.90 Å². The minimum absolute atomic E-state index is 0.212. The van der Waals surface area contributed by atoms with Crippen LogP contribution in [0.1, 0.15) is 15.9 Å². The SMILES string of the molecule is Cc1ccn2c(=O)c(C(=O)O)ccc2c1. The lowest BCUT2D eigenvalue weighted by Gasteiger charge is -2.02.